The van der Waals surface area contributed by atoms with Gasteiger partial charge in [0.15, 0.2) is 0 Å². The Hall–Kier alpha value is -2.79. The molecule has 0 bridgehead atoms. The molecule has 0 saturated heterocycles. The van der Waals surface area contributed by atoms with Crippen molar-refractivity contribution in [2.75, 3.05) is 5.88 Å². The topological polar surface area (TPSA) is 58.5 Å². The molecule has 2 aromatic carbocycles. The second-order valence-corrected chi connectivity index (χ2v) is 6.08. The summed E-state index contributed by atoms with van der Waals surface area (Å²) in [5.74, 6) is -0.313. The molecule has 6 heteroatoms. The standard InChI is InChI=1S/C19H15ClN4O/c20-12-19(25)24-18(11-16(23-24)13-4-2-1-3-5-13)14-6-7-15-17(10-14)22-9-8-21-15/h1-10,18H,11-12H2/t18-/m1/s1. The van der Waals surface area contributed by atoms with Crippen LogP contribution in [0.3, 0.4) is 0 Å². The Labute approximate surface area is 150 Å². The van der Waals surface area contributed by atoms with Gasteiger partial charge in [0, 0.05) is 18.8 Å². The first-order valence-electron chi connectivity index (χ1n) is 7.98. The van der Waals surface area contributed by atoms with Gasteiger partial charge in [0.1, 0.15) is 5.88 Å². The molecular weight excluding hydrogens is 336 g/mol. The molecule has 0 N–H and O–H groups in total. The van der Waals surface area contributed by atoms with Crippen molar-refractivity contribution >= 4 is 34.3 Å². The van der Waals surface area contributed by atoms with Gasteiger partial charge in [-0.15, -0.1) is 11.6 Å². The van der Waals surface area contributed by atoms with Crippen molar-refractivity contribution in [3.63, 3.8) is 0 Å². The number of hydrogen-bond acceptors (Lipinski definition) is 4. The predicted octanol–water partition coefficient (Wildman–Crippen LogP) is 3.55. The fraction of sp³-hybridized carbons (Fsp3) is 0.158. The van der Waals surface area contributed by atoms with Crippen LogP contribution in [0, 0.1) is 0 Å². The highest BCUT2D eigenvalue weighted by atomic mass is 35.5. The van der Waals surface area contributed by atoms with Crippen LogP contribution in [0.4, 0.5) is 0 Å². The summed E-state index contributed by atoms with van der Waals surface area (Å²) in [6, 6.07) is 15.5. The van der Waals surface area contributed by atoms with Gasteiger partial charge >= 0.3 is 0 Å². The summed E-state index contributed by atoms with van der Waals surface area (Å²) in [6.07, 6.45) is 3.96. The Morgan fingerprint density at radius 3 is 2.60 bits per heavy atom. The van der Waals surface area contributed by atoms with Crippen LogP contribution in [0.5, 0.6) is 0 Å². The highest BCUT2D eigenvalue weighted by Crippen LogP contribution is 2.33. The summed E-state index contributed by atoms with van der Waals surface area (Å²) in [5, 5.41) is 6.04. The number of fused-ring (bicyclic) bond motifs is 1. The molecule has 2 heterocycles. The summed E-state index contributed by atoms with van der Waals surface area (Å²) in [4.78, 5) is 20.9. The van der Waals surface area contributed by atoms with Crippen molar-refractivity contribution < 1.29 is 4.79 Å². The van der Waals surface area contributed by atoms with Crippen molar-refractivity contribution in [2.45, 2.75) is 12.5 Å². The first kappa shape index (κ1) is 15.7. The first-order valence-corrected chi connectivity index (χ1v) is 8.51. The van der Waals surface area contributed by atoms with Crippen molar-refractivity contribution in [3.05, 3.63) is 72.1 Å². The molecule has 0 aliphatic carbocycles. The van der Waals surface area contributed by atoms with E-state index in [1.165, 1.54) is 5.01 Å². The SMILES string of the molecule is O=C(CCl)N1N=C(c2ccccc2)C[C@@H]1c1ccc2nccnc2c1. The number of rotatable bonds is 3. The molecule has 1 aromatic heterocycles. The number of amides is 1. The molecule has 0 fully saturated rings. The lowest BCUT2D eigenvalue weighted by Gasteiger charge is -2.21. The number of carbonyl (C=O) groups is 1. The van der Waals surface area contributed by atoms with Gasteiger partial charge in [-0.3, -0.25) is 14.8 Å². The maximum absolute atomic E-state index is 12.3. The van der Waals surface area contributed by atoms with Gasteiger partial charge in [-0.05, 0) is 23.3 Å². The van der Waals surface area contributed by atoms with E-state index in [1.807, 2.05) is 48.5 Å². The Kier molecular flexibility index (Phi) is 4.15. The Morgan fingerprint density at radius 1 is 1.08 bits per heavy atom. The fourth-order valence-corrected chi connectivity index (χ4v) is 3.18. The van der Waals surface area contributed by atoms with E-state index in [-0.39, 0.29) is 17.8 Å². The fourth-order valence-electron chi connectivity index (χ4n) is 3.05. The largest absolute Gasteiger partial charge is 0.272 e. The highest BCUT2D eigenvalue weighted by molar-refractivity contribution is 6.27. The average Bonchev–Trinajstić information content (AvgIpc) is 3.13. The van der Waals surface area contributed by atoms with Gasteiger partial charge in [0.2, 0.25) is 0 Å². The third-order valence-corrected chi connectivity index (χ3v) is 4.49. The number of alkyl halides is 1. The molecular formula is C19H15ClN4O. The van der Waals surface area contributed by atoms with Crippen LogP contribution >= 0.6 is 11.6 Å². The van der Waals surface area contributed by atoms with Crippen LogP contribution in [-0.4, -0.2) is 32.5 Å². The smallest absolute Gasteiger partial charge is 0.258 e. The van der Waals surface area contributed by atoms with Gasteiger partial charge in [-0.25, -0.2) is 5.01 Å². The number of nitrogens with zero attached hydrogens (tertiary/aromatic N) is 4. The number of hydrazone groups is 1. The Bertz CT molecular complexity index is 958. The summed E-state index contributed by atoms with van der Waals surface area (Å²) in [5.41, 5.74) is 4.48. The molecule has 124 valence electrons. The molecule has 25 heavy (non-hydrogen) atoms. The lowest BCUT2D eigenvalue weighted by Crippen LogP contribution is -2.27. The highest BCUT2D eigenvalue weighted by Gasteiger charge is 2.32. The Balaban J connectivity index is 1.73. The van der Waals surface area contributed by atoms with E-state index in [9.17, 15) is 4.79 Å². The third-order valence-electron chi connectivity index (χ3n) is 4.27. The van der Waals surface area contributed by atoms with Gasteiger partial charge < -0.3 is 0 Å². The zero-order valence-electron chi connectivity index (χ0n) is 13.3. The van der Waals surface area contributed by atoms with Crippen LogP contribution in [-0.2, 0) is 4.79 Å². The third kappa shape index (κ3) is 2.98. The molecule has 0 unspecified atom stereocenters. The van der Waals surface area contributed by atoms with Crippen LogP contribution in [0.1, 0.15) is 23.6 Å². The van der Waals surface area contributed by atoms with E-state index < -0.39 is 0 Å². The summed E-state index contributed by atoms with van der Waals surface area (Å²) in [6.45, 7) is 0. The summed E-state index contributed by atoms with van der Waals surface area (Å²) >= 11 is 5.79. The second kappa shape index (κ2) is 6.61. The lowest BCUT2D eigenvalue weighted by atomic mass is 9.98. The van der Waals surface area contributed by atoms with Gasteiger partial charge in [0.25, 0.3) is 5.91 Å². The number of halogens is 1. The molecule has 5 nitrogen and oxygen atoms in total. The minimum Gasteiger partial charge on any atom is -0.272 e. The van der Waals surface area contributed by atoms with Gasteiger partial charge in [-0.1, -0.05) is 36.4 Å². The minimum atomic E-state index is -0.211. The summed E-state index contributed by atoms with van der Waals surface area (Å²) < 4.78 is 0. The minimum absolute atomic E-state index is 0.102. The molecule has 3 aromatic rings. The molecule has 1 aliphatic heterocycles. The van der Waals surface area contributed by atoms with Gasteiger partial charge in [-0.2, -0.15) is 5.10 Å². The monoisotopic (exact) mass is 350 g/mol. The maximum atomic E-state index is 12.3. The van der Waals surface area contributed by atoms with E-state index in [1.54, 1.807) is 12.4 Å². The van der Waals surface area contributed by atoms with Crippen molar-refractivity contribution in [1.29, 1.82) is 0 Å². The van der Waals surface area contributed by atoms with E-state index in [0.29, 0.717) is 6.42 Å². The van der Waals surface area contributed by atoms with E-state index in [0.717, 1.165) is 27.9 Å². The normalized spacial score (nSPS) is 16.9. The van der Waals surface area contributed by atoms with E-state index in [4.69, 9.17) is 11.6 Å². The van der Waals surface area contributed by atoms with Crippen LogP contribution in [0.15, 0.2) is 66.0 Å². The zero-order chi connectivity index (χ0) is 17.2. The van der Waals surface area contributed by atoms with Crippen molar-refractivity contribution in [1.82, 2.24) is 15.0 Å². The van der Waals surface area contributed by atoms with Crippen molar-refractivity contribution in [2.24, 2.45) is 5.10 Å². The average molecular weight is 351 g/mol. The number of benzene rings is 2. The van der Waals surface area contributed by atoms with Crippen molar-refractivity contribution in [3.8, 4) is 0 Å². The van der Waals surface area contributed by atoms with Crippen LogP contribution in [0.25, 0.3) is 11.0 Å². The molecule has 1 aliphatic rings. The van der Waals surface area contributed by atoms with E-state index >= 15 is 0 Å². The number of carbonyl (C=O) groups excluding carboxylic acids is 1. The molecule has 4 rings (SSSR count). The quantitative estimate of drug-likeness (QED) is 0.679. The molecule has 0 saturated carbocycles. The first-order chi connectivity index (χ1) is 12.3. The van der Waals surface area contributed by atoms with Gasteiger partial charge in [0.05, 0.1) is 22.8 Å². The zero-order valence-corrected chi connectivity index (χ0v) is 14.1. The number of hydrogen-bond donors (Lipinski definition) is 0. The van der Waals surface area contributed by atoms with Crippen LogP contribution in [0.2, 0.25) is 0 Å². The predicted molar refractivity (Wildman–Crippen MR) is 97.4 cm³/mol. The second-order valence-electron chi connectivity index (χ2n) is 5.81. The summed E-state index contributed by atoms with van der Waals surface area (Å²) in [7, 11) is 0. The lowest BCUT2D eigenvalue weighted by molar-refractivity contribution is -0.130. The van der Waals surface area contributed by atoms with E-state index in [2.05, 4.69) is 15.1 Å². The Morgan fingerprint density at radius 2 is 1.84 bits per heavy atom. The van der Waals surface area contributed by atoms with Crippen LogP contribution < -0.4 is 0 Å². The molecule has 1 amide bonds. The maximum Gasteiger partial charge on any atom is 0.258 e. The number of aromatic nitrogens is 2. The molecule has 1 atom stereocenters. The molecule has 0 spiro atoms. The molecule has 0 radical (unpaired) electrons.